The lowest BCUT2D eigenvalue weighted by atomic mass is 9.87. The number of carboxylic acids is 2. The third-order valence-electron chi connectivity index (χ3n) is 16.1. The molecule has 1 aliphatic heterocycles. The zero-order valence-electron chi connectivity index (χ0n) is 51.9. The predicted octanol–water partition coefficient (Wildman–Crippen LogP) is 11.1. The SMILES string of the molecule is CNC(=O)C[C@@H]1NC(=O)c2csc(n2)-c2ccc(-c3nc(N(Cc4ccnc(C(=O)O)c4)C(=O)OC4CCC(C(=O)O)CC4)cs3)nc2-c2csc(n2)-c2csc(n2)[C@H]([C@@H](C)c2ccccc2)NC(=O)CNC(=O)c2nc(sc2COC)C(C(C)C)CC(=O)c2nc1sc2C. The van der Waals surface area contributed by atoms with Gasteiger partial charge in [0.25, 0.3) is 11.8 Å². The van der Waals surface area contributed by atoms with Gasteiger partial charge < -0.3 is 41.0 Å². The van der Waals surface area contributed by atoms with Crippen molar-refractivity contribution in [1.29, 1.82) is 0 Å². The monoisotopic (exact) mass is 1400 g/mol. The number of pyridine rings is 2. The number of anilines is 1. The van der Waals surface area contributed by atoms with Gasteiger partial charge in [0.05, 0.1) is 59.7 Å². The number of amides is 5. The van der Waals surface area contributed by atoms with Gasteiger partial charge in [-0.3, -0.25) is 33.7 Å². The van der Waals surface area contributed by atoms with Crippen molar-refractivity contribution in [3.8, 4) is 43.4 Å². The maximum Gasteiger partial charge on any atom is 0.416 e. The molecule has 492 valence electrons. The van der Waals surface area contributed by atoms with Crippen molar-refractivity contribution in [3.05, 3.63) is 141 Å². The van der Waals surface area contributed by atoms with E-state index in [2.05, 4.69) is 26.3 Å². The highest BCUT2D eigenvalue weighted by molar-refractivity contribution is 7.15. The summed E-state index contributed by atoms with van der Waals surface area (Å²) in [7, 11) is 2.97. The standard InChI is InChI=1S/C64H63N13O12S6/c1-30(2)38-21-45(78)51-32(4)94-60(75-51)40(22-48(79)65-5)69-54(81)43-27-90-56(71-43)37-16-17-39(58-73-47(29-93-58)77(24-33-18-19-66-41(20-33)63(85)86)64(87)89-36-14-12-35(13-15-36)62(83)84)68-52(37)42-26-91-59(70-42)44-28-92-61(72-44)50(31(3)34-10-8-7-9-11-34)74-49(80)23-67-55(82)53-46(25-88-6)95-57(38)76-53/h7-11,16-20,26-31,35-36,38,40,50H,12-15,21-25H2,1-6H3,(H,65,79)(H,67,82)(H,69,81)(H,74,80)(H,83,84)(H,85,86)/t31-,35?,36?,38?,40-,50-/m0/s1. The van der Waals surface area contributed by atoms with Crippen LogP contribution in [0.2, 0.25) is 0 Å². The van der Waals surface area contributed by atoms with Crippen LogP contribution in [0.3, 0.4) is 0 Å². The molecule has 1 aromatic carbocycles. The van der Waals surface area contributed by atoms with E-state index in [-0.39, 0.29) is 72.2 Å². The summed E-state index contributed by atoms with van der Waals surface area (Å²) in [6, 6.07) is 14.4. The van der Waals surface area contributed by atoms with Crippen molar-refractivity contribution in [2.45, 2.75) is 109 Å². The Hall–Kier alpha value is -8.98. The Kier molecular flexibility index (Phi) is 21.1. The molecular weight excluding hydrogens is 1340 g/mol. The summed E-state index contributed by atoms with van der Waals surface area (Å²) in [5, 5.41) is 40.4. The first kappa shape index (κ1) is 67.4. The van der Waals surface area contributed by atoms with Gasteiger partial charge in [0, 0.05) is 70.6 Å². The van der Waals surface area contributed by atoms with Crippen LogP contribution in [0.5, 0.6) is 0 Å². The number of nitrogens with one attached hydrogen (secondary N) is 4. The van der Waals surface area contributed by atoms with Gasteiger partial charge in [-0.2, -0.15) is 0 Å². The maximum absolute atomic E-state index is 14.5. The number of thiazole rings is 6. The molecule has 9 aromatic rings. The first-order valence-electron chi connectivity index (χ1n) is 30.1. The van der Waals surface area contributed by atoms with Crippen LogP contribution >= 0.6 is 68.0 Å². The highest BCUT2D eigenvalue weighted by Gasteiger charge is 2.35. The number of carboxylic acid groups (broad SMARTS) is 2. The summed E-state index contributed by atoms with van der Waals surface area (Å²) in [5.74, 6) is -5.92. The Morgan fingerprint density at radius 1 is 0.726 bits per heavy atom. The van der Waals surface area contributed by atoms with Crippen molar-refractivity contribution in [2.24, 2.45) is 11.8 Å². The third kappa shape index (κ3) is 15.6. The van der Waals surface area contributed by atoms with E-state index in [9.17, 15) is 48.6 Å². The summed E-state index contributed by atoms with van der Waals surface area (Å²) >= 11 is 7.36. The van der Waals surface area contributed by atoms with Crippen LogP contribution in [0.1, 0.15) is 161 Å². The molecule has 8 aromatic heterocycles. The van der Waals surface area contributed by atoms with Gasteiger partial charge in [-0.15, -0.1) is 68.0 Å². The van der Waals surface area contributed by atoms with Crippen LogP contribution in [0.25, 0.3) is 43.4 Å². The summed E-state index contributed by atoms with van der Waals surface area (Å²) < 4.78 is 11.5. The molecule has 1 unspecified atom stereocenters. The number of hydrogen-bond donors (Lipinski definition) is 6. The van der Waals surface area contributed by atoms with Crippen LogP contribution in [-0.2, 0) is 37.0 Å². The molecule has 1 fully saturated rings. The molecule has 95 heavy (non-hydrogen) atoms. The van der Waals surface area contributed by atoms with Gasteiger partial charge in [0.15, 0.2) is 5.78 Å². The molecule has 4 atom stereocenters. The number of ether oxygens (including phenoxy) is 2. The molecule has 2 aliphatic rings. The number of aromatic carboxylic acids is 1. The Morgan fingerprint density at radius 2 is 1.44 bits per heavy atom. The van der Waals surface area contributed by atoms with Gasteiger partial charge >= 0.3 is 18.0 Å². The second kappa shape index (κ2) is 29.8. The normalized spacial score (nSPS) is 18.2. The Morgan fingerprint density at radius 3 is 2.18 bits per heavy atom. The van der Waals surface area contributed by atoms with Gasteiger partial charge in [-0.25, -0.2) is 49.5 Å². The first-order chi connectivity index (χ1) is 45.7. The lowest BCUT2D eigenvalue weighted by molar-refractivity contribution is -0.143. The third-order valence-corrected chi connectivity index (χ3v) is 21.9. The molecule has 1 saturated carbocycles. The molecule has 11 rings (SSSR count). The van der Waals surface area contributed by atoms with Crippen molar-refractivity contribution < 1.29 is 58.0 Å². The smallest absolute Gasteiger partial charge is 0.416 e. The Labute approximate surface area is 567 Å². The molecular formula is C64H63N13O12S6. The fraction of sp³-hybridized carbons (Fsp3) is 0.344. The van der Waals surface area contributed by atoms with E-state index in [4.69, 9.17) is 44.4 Å². The van der Waals surface area contributed by atoms with Crippen LogP contribution in [0.4, 0.5) is 10.6 Å². The average Bonchev–Trinajstić information content (AvgIpc) is 1.69. The van der Waals surface area contributed by atoms with Crippen molar-refractivity contribution in [1.82, 2.24) is 61.1 Å². The Bertz CT molecular complexity index is 4360. The van der Waals surface area contributed by atoms with E-state index >= 15 is 0 Å². The van der Waals surface area contributed by atoms with Crippen LogP contribution < -0.4 is 26.2 Å². The number of fused-ring (bicyclic) bond motifs is 14. The highest BCUT2D eigenvalue weighted by Crippen LogP contribution is 2.42. The molecule has 0 spiro atoms. The maximum atomic E-state index is 14.5. The largest absolute Gasteiger partial charge is 0.481 e. The molecule has 6 N–H and O–H groups in total. The van der Waals surface area contributed by atoms with Gasteiger partial charge in [-0.1, -0.05) is 51.1 Å². The number of aliphatic carboxylic acids is 1. The fourth-order valence-electron chi connectivity index (χ4n) is 10.9. The number of methoxy groups -OCH3 is 1. The molecule has 5 amide bonds. The number of ketones is 1. The summed E-state index contributed by atoms with van der Waals surface area (Å²) in [6.45, 7) is 7.09. The van der Waals surface area contributed by atoms with E-state index < -0.39 is 78.2 Å². The molecule has 25 nitrogen and oxygen atoms in total. The first-order valence-corrected chi connectivity index (χ1v) is 35.2. The number of benzene rings is 1. The number of aromatic nitrogens is 8. The highest BCUT2D eigenvalue weighted by atomic mass is 32.1. The van der Waals surface area contributed by atoms with Crippen molar-refractivity contribution >= 4 is 121 Å². The number of nitrogens with zero attached hydrogens (tertiary/aromatic N) is 9. The van der Waals surface area contributed by atoms with E-state index in [1.165, 1.54) is 88.0 Å². The minimum Gasteiger partial charge on any atom is -0.481 e. The van der Waals surface area contributed by atoms with E-state index in [1.54, 1.807) is 41.3 Å². The Balaban J connectivity index is 0.983. The zero-order chi connectivity index (χ0) is 67.2. The molecule has 0 radical (unpaired) electrons. The van der Waals surface area contributed by atoms with E-state index in [0.29, 0.717) is 99.4 Å². The van der Waals surface area contributed by atoms with Crippen LogP contribution in [0, 0.1) is 18.8 Å². The lowest BCUT2D eigenvalue weighted by Gasteiger charge is -2.28. The van der Waals surface area contributed by atoms with Gasteiger partial charge in [-0.05, 0) is 73.9 Å². The van der Waals surface area contributed by atoms with E-state index in [1.807, 2.05) is 56.5 Å². The van der Waals surface area contributed by atoms with Crippen molar-refractivity contribution in [3.63, 3.8) is 0 Å². The van der Waals surface area contributed by atoms with Gasteiger partial charge in [0.2, 0.25) is 11.8 Å². The summed E-state index contributed by atoms with van der Waals surface area (Å²) in [6.07, 6.45) is 1.02. The molecule has 31 heteroatoms. The quantitative estimate of drug-likeness (QED) is 0.0589. The van der Waals surface area contributed by atoms with Crippen LogP contribution in [-0.4, -0.2) is 124 Å². The second-order valence-corrected chi connectivity index (χ2v) is 28.7. The second-order valence-electron chi connectivity index (χ2n) is 22.9. The number of hydrogen-bond acceptors (Lipinski definition) is 24. The molecule has 10 bridgehead atoms. The lowest BCUT2D eigenvalue weighted by Crippen LogP contribution is -2.40. The molecule has 9 heterocycles. The zero-order valence-corrected chi connectivity index (χ0v) is 56.8. The van der Waals surface area contributed by atoms with Crippen molar-refractivity contribution in [2.75, 3.05) is 25.6 Å². The number of carbonyl (C=O) groups excluding carboxylic acids is 6. The van der Waals surface area contributed by atoms with E-state index in [0.717, 1.165) is 16.9 Å². The minimum atomic E-state index is -1.26. The number of carbonyl (C=O) groups is 8. The van der Waals surface area contributed by atoms with Gasteiger partial charge in [0.1, 0.15) is 76.8 Å². The summed E-state index contributed by atoms with van der Waals surface area (Å²) in [5.41, 5.74) is 3.38. The summed E-state index contributed by atoms with van der Waals surface area (Å²) in [4.78, 5) is 149. The fourth-order valence-corrected chi connectivity index (χ4v) is 16.6. The molecule has 0 saturated heterocycles. The predicted molar refractivity (Wildman–Crippen MR) is 359 cm³/mol. The number of rotatable bonds is 14. The topological polar surface area (TPSA) is 350 Å². The van der Waals surface area contributed by atoms with Crippen LogP contribution in [0.15, 0.2) is 82.3 Å². The minimum absolute atomic E-state index is 0.0103. The number of aryl methyl sites for hydroxylation is 1. The number of Topliss-reactive ketones (excluding diaryl/α,β-unsaturated/α-hetero) is 1. The average molecular weight is 1400 g/mol. The molecule has 1 aliphatic carbocycles.